The number of likely N-dealkylation sites (tertiary alicyclic amines) is 1. The monoisotopic (exact) mass is 677 g/mol. The Morgan fingerprint density at radius 1 is 0.979 bits per heavy atom. The number of carboxylic acid groups (broad SMARTS) is 1. The van der Waals surface area contributed by atoms with E-state index in [2.05, 4.69) is 35.9 Å². The van der Waals surface area contributed by atoms with Crippen molar-refractivity contribution in [2.45, 2.75) is 45.2 Å². The van der Waals surface area contributed by atoms with E-state index >= 15 is 0 Å². The summed E-state index contributed by atoms with van der Waals surface area (Å²) in [5.41, 5.74) is 0.806. The molecule has 17 heteroatoms. The Balaban J connectivity index is 1.24. The van der Waals surface area contributed by atoms with E-state index in [1.54, 1.807) is 71.0 Å². The highest BCUT2D eigenvalue weighted by Crippen LogP contribution is 2.45. The number of carbonyl (C=O) groups is 3. The molecule has 5 rings (SSSR count). The lowest BCUT2D eigenvalue weighted by molar-refractivity contribution is -0.138. The minimum atomic E-state index is -4.14. The number of amides is 3. The Morgan fingerprint density at radius 2 is 1.73 bits per heavy atom. The molecule has 1 aliphatic rings. The van der Waals surface area contributed by atoms with Gasteiger partial charge in [-0.15, -0.1) is 10.2 Å². The van der Waals surface area contributed by atoms with Gasteiger partial charge in [0.1, 0.15) is 35.4 Å². The summed E-state index contributed by atoms with van der Waals surface area (Å²) < 4.78 is 26.5. The van der Waals surface area contributed by atoms with E-state index in [1.165, 1.54) is 25.5 Å². The van der Waals surface area contributed by atoms with Gasteiger partial charge in [-0.3, -0.25) is 24.7 Å². The van der Waals surface area contributed by atoms with Crippen molar-refractivity contribution < 1.29 is 33.1 Å². The topological polar surface area (TPSA) is 203 Å². The van der Waals surface area contributed by atoms with Crippen LogP contribution in [0.4, 0.5) is 16.4 Å². The highest BCUT2D eigenvalue weighted by molar-refractivity contribution is 7.52. The summed E-state index contributed by atoms with van der Waals surface area (Å²) in [6, 6.07) is 14.0. The molecule has 3 aromatic heterocycles. The smallest absolute Gasteiger partial charge is 0.459 e. The number of carboxylic acids is 1. The Hall–Kier alpha value is -5.18. The summed E-state index contributed by atoms with van der Waals surface area (Å²) in [6.07, 6.45) is 5.96. The average Bonchev–Trinajstić information content (AvgIpc) is 3.58. The summed E-state index contributed by atoms with van der Waals surface area (Å²) in [5, 5.41) is 25.3. The number of anilines is 2. The van der Waals surface area contributed by atoms with Gasteiger partial charge in [-0.2, -0.15) is 5.09 Å². The molecule has 0 aliphatic carbocycles. The van der Waals surface area contributed by atoms with Gasteiger partial charge >= 0.3 is 19.7 Å². The first-order chi connectivity index (χ1) is 23.1. The number of hydrogen-bond acceptors (Lipinski definition) is 10. The quantitative estimate of drug-likeness (QED) is 0.141. The number of aromatic nitrogens is 5. The SMILES string of the molecule is C[C@H](NP(=O)(OC[C@@H](C)n1cnnc1-c1cccc(NC(=O)Nc2cc(C(=O)N3CCCCC3)ccn2)n1)Oc1ccccc1)C(=O)O. The molecule has 1 aromatic carbocycles. The normalized spacial score (nSPS) is 15.5. The Bertz CT molecular complexity index is 1780. The number of aliphatic carboxylic acids is 1. The third kappa shape index (κ3) is 9.00. The molecule has 0 bridgehead atoms. The van der Waals surface area contributed by atoms with E-state index in [-0.39, 0.29) is 29.9 Å². The lowest BCUT2D eigenvalue weighted by Crippen LogP contribution is -2.35. The van der Waals surface area contributed by atoms with Gasteiger partial charge in [0, 0.05) is 24.8 Å². The molecule has 16 nitrogen and oxygen atoms in total. The van der Waals surface area contributed by atoms with Gasteiger partial charge in [-0.25, -0.2) is 19.3 Å². The summed E-state index contributed by atoms with van der Waals surface area (Å²) in [4.78, 5) is 47.6. The predicted octanol–water partition coefficient (Wildman–Crippen LogP) is 4.83. The number of nitrogens with one attached hydrogen (secondary N) is 3. The van der Waals surface area contributed by atoms with Crippen molar-refractivity contribution in [3.63, 3.8) is 0 Å². The Labute approximate surface area is 276 Å². The van der Waals surface area contributed by atoms with Gasteiger partial charge in [0.2, 0.25) is 0 Å². The minimum absolute atomic E-state index is 0.101. The molecule has 4 heterocycles. The first-order valence-corrected chi connectivity index (χ1v) is 16.8. The summed E-state index contributed by atoms with van der Waals surface area (Å²) in [5.74, 6) is -0.360. The first kappa shape index (κ1) is 34.2. The summed E-state index contributed by atoms with van der Waals surface area (Å²) >= 11 is 0. The lowest BCUT2D eigenvalue weighted by Gasteiger charge is -2.26. The third-order valence-corrected chi connectivity index (χ3v) is 8.98. The van der Waals surface area contributed by atoms with Crippen LogP contribution in [0.1, 0.15) is 49.5 Å². The fourth-order valence-electron chi connectivity index (χ4n) is 4.84. The van der Waals surface area contributed by atoms with Gasteiger partial charge in [0.05, 0.1) is 12.6 Å². The molecule has 252 valence electrons. The van der Waals surface area contributed by atoms with E-state index in [1.807, 2.05) is 0 Å². The van der Waals surface area contributed by atoms with Crippen molar-refractivity contribution in [1.29, 1.82) is 0 Å². The number of rotatable bonds is 13. The predicted molar refractivity (Wildman–Crippen MR) is 175 cm³/mol. The maximum atomic E-state index is 13.6. The summed E-state index contributed by atoms with van der Waals surface area (Å²) in [7, 11) is -4.14. The maximum Gasteiger partial charge on any atom is 0.459 e. The molecule has 1 fully saturated rings. The Morgan fingerprint density at radius 3 is 2.48 bits per heavy atom. The number of para-hydroxylation sites is 1. The number of pyridine rings is 2. The van der Waals surface area contributed by atoms with E-state index in [0.29, 0.717) is 30.2 Å². The van der Waals surface area contributed by atoms with Crippen LogP contribution >= 0.6 is 7.75 Å². The Kier molecular flexibility index (Phi) is 11.1. The van der Waals surface area contributed by atoms with Crippen molar-refractivity contribution in [3.8, 4) is 17.3 Å². The fraction of sp³-hybridized carbons (Fsp3) is 0.323. The van der Waals surface area contributed by atoms with Crippen LogP contribution < -0.4 is 20.2 Å². The zero-order valence-corrected chi connectivity index (χ0v) is 27.2. The molecule has 3 amide bonds. The van der Waals surface area contributed by atoms with Crippen LogP contribution in [0.2, 0.25) is 0 Å². The van der Waals surface area contributed by atoms with Crippen molar-refractivity contribution in [1.82, 2.24) is 34.7 Å². The van der Waals surface area contributed by atoms with E-state index in [9.17, 15) is 24.1 Å². The lowest BCUT2D eigenvalue weighted by atomic mass is 10.1. The standard InChI is InChI=1S/C31H36N9O7P/c1-21(19-46-48(45,38-22(2)30(42)43)47-24-10-5-3-6-11-24)40-20-33-37-28(40)25-12-9-13-26(34-25)35-31(44)36-27-18-23(14-15-32-27)29(41)39-16-7-4-8-17-39/h3,5-6,9-15,18,20-22H,4,7-8,16-17,19H2,1-2H3,(H,38,45)(H,42,43)(H2,32,34,35,36,44)/t21-,22+,48?/m1/s1. The second-order valence-electron chi connectivity index (χ2n) is 11.1. The van der Waals surface area contributed by atoms with Crippen molar-refractivity contribution >= 4 is 37.3 Å². The molecule has 0 saturated carbocycles. The molecule has 48 heavy (non-hydrogen) atoms. The van der Waals surface area contributed by atoms with Crippen LogP contribution in [0.5, 0.6) is 5.75 Å². The number of benzene rings is 1. The van der Waals surface area contributed by atoms with Crippen LogP contribution in [0.15, 0.2) is 73.2 Å². The number of hydrogen-bond donors (Lipinski definition) is 4. The molecule has 1 saturated heterocycles. The highest BCUT2D eigenvalue weighted by atomic mass is 31.2. The van der Waals surface area contributed by atoms with Crippen LogP contribution in [-0.2, 0) is 13.9 Å². The zero-order valence-electron chi connectivity index (χ0n) is 26.4. The van der Waals surface area contributed by atoms with Crippen molar-refractivity contribution in [2.75, 3.05) is 30.3 Å². The first-order valence-electron chi connectivity index (χ1n) is 15.3. The largest absolute Gasteiger partial charge is 0.480 e. The second kappa shape index (κ2) is 15.6. The molecular weight excluding hydrogens is 641 g/mol. The van der Waals surface area contributed by atoms with Crippen LogP contribution in [0.3, 0.4) is 0 Å². The molecule has 4 N–H and O–H groups in total. The molecule has 4 aromatic rings. The molecule has 1 unspecified atom stereocenters. The third-order valence-electron chi connectivity index (χ3n) is 7.34. The molecule has 0 radical (unpaired) electrons. The molecule has 3 atom stereocenters. The molecular formula is C31H36N9O7P. The number of urea groups is 1. The second-order valence-corrected chi connectivity index (χ2v) is 12.8. The number of carbonyl (C=O) groups excluding carboxylic acids is 2. The molecule has 1 aliphatic heterocycles. The van der Waals surface area contributed by atoms with Gasteiger partial charge in [0.25, 0.3) is 5.91 Å². The van der Waals surface area contributed by atoms with E-state index in [0.717, 1.165) is 19.3 Å². The minimum Gasteiger partial charge on any atom is -0.480 e. The highest BCUT2D eigenvalue weighted by Gasteiger charge is 2.32. The van der Waals surface area contributed by atoms with Gasteiger partial charge < -0.3 is 19.1 Å². The van der Waals surface area contributed by atoms with E-state index < -0.39 is 31.8 Å². The van der Waals surface area contributed by atoms with Gasteiger partial charge in [-0.05, 0) is 69.5 Å². The van der Waals surface area contributed by atoms with Crippen LogP contribution in [0, 0.1) is 0 Å². The average molecular weight is 678 g/mol. The van der Waals surface area contributed by atoms with Crippen molar-refractivity contribution in [3.05, 3.63) is 78.8 Å². The van der Waals surface area contributed by atoms with Crippen molar-refractivity contribution in [2.24, 2.45) is 0 Å². The number of piperidine rings is 1. The maximum absolute atomic E-state index is 13.6. The number of nitrogens with zero attached hydrogens (tertiary/aromatic N) is 6. The van der Waals surface area contributed by atoms with Gasteiger partial charge in [-0.1, -0.05) is 24.3 Å². The fourth-order valence-corrected chi connectivity index (χ4v) is 6.42. The summed E-state index contributed by atoms with van der Waals surface area (Å²) in [6.45, 7) is 4.32. The van der Waals surface area contributed by atoms with Crippen LogP contribution in [0.25, 0.3) is 11.5 Å². The van der Waals surface area contributed by atoms with Crippen LogP contribution in [-0.4, -0.2) is 78.4 Å². The van der Waals surface area contributed by atoms with E-state index in [4.69, 9.17) is 9.05 Å². The van der Waals surface area contributed by atoms with Gasteiger partial charge in [0.15, 0.2) is 5.82 Å². The molecule has 0 spiro atoms. The zero-order chi connectivity index (χ0) is 34.1.